The molecular weight excluding hydrogens is 379 g/mol. The SMILES string of the molecule is Cc1ccncc1-c1nc(C(=O)Oc2c(F)c(F)c(F)c(F)c2F)cs1. The van der Waals surface area contributed by atoms with E-state index in [-0.39, 0.29) is 5.69 Å². The Bertz CT molecular complexity index is 993. The van der Waals surface area contributed by atoms with E-state index in [4.69, 9.17) is 0 Å². The first-order valence-electron chi connectivity index (χ1n) is 6.91. The molecule has 0 saturated heterocycles. The molecule has 0 saturated carbocycles. The van der Waals surface area contributed by atoms with Gasteiger partial charge in [0.05, 0.1) is 0 Å². The van der Waals surface area contributed by atoms with Crippen LogP contribution in [0.2, 0.25) is 0 Å². The van der Waals surface area contributed by atoms with Gasteiger partial charge in [-0.25, -0.2) is 22.9 Å². The molecule has 0 aliphatic heterocycles. The predicted octanol–water partition coefficient (Wildman–Crippen LogP) is 4.43. The number of nitrogens with zero attached hydrogens (tertiary/aromatic N) is 2. The molecule has 0 atom stereocenters. The highest BCUT2D eigenvalue weighted by atomic mass is 32.1. The standard InChI is InChI=1S/C16H7F5N2O2S/c1-6-2-3-22-4-7(6)15-23-8(5-26-15)16(24)25-14-12(20)10(18)9(17)11(19)13(14)21/h2-5H,1H3. The Labute approximate surface area is 146 Å². The van der Waals surface area contributed by atoms with E-state index in [9.17, 15) is 26.7 Å². The minimum atomic E-state index is -2.34. The second-order valence-corrected chi connectivity index (χ2v) is 5.88. The molecule has 0 fully saturated rings. The molecule has 0 unspecified atom stereocenters. The summed E-state index contributed by atoms with van der Waals surface area (Å²) < 4.78 is 70.8. The quantitative estimate of drug-likeness (QED) is 0.220. The summed E-state index contributed by atoms with van der Waals surface area (Å²) in [5.41, 5.74) is 1.08. The number of esters is 1. The van der Waals surface area contributed by atoms with Crippen LogP contribution in [0.3, 0.4) is 0 Å². The number of hydrogen-bond acceptors (Lipinski definition) is 5. The maximum absolute atomic E-state index is 13.6. The van der Waals surface area contributed by atoms with Crippen LogP contribution >= 0.6 is 11.3 Å². The first-order chi connectivity index (χ1) is 12.3. The number of aryl methyl sites for hydroxylation is 1. The van der Waals surface area contributed by atoms with Crippen LogP contribution in [0.15, 0.2) is 23.8 Å². The lowest BCUT2D eigenvalue weighted by atomic mass is 10.2. The highest BCUT2D eigenvalue weighted by molar-refractivity contribution is 7.13. The number of carbonyl (C=O) groups excluding carboxylic acids is 1. The maximum atomic E-state index is 13.6. The zero-order valence-electron chi connectivity index (χ0n) is 12.8. The van der Waals surface area contributed by atoms with Gasteiger partial charge in [0.15, 0.2) is 5.69 Å². The third-order valence-electron chi connectivity index (χ3n) is 3.35. The fourth-order valence-corrected chi connectivity index (χ4v) is 2.86. The number of benzene rings is 1. The maximum Gasteiger partial charge on any atom is 0.363 e. The van der Waals surface area contributed by atoms with Crippen molar-refractivity contribution in [3.63, 3.8) is 0 Å². The minimum Gasteiger partial charge on any atom is -0.415 e. The highest BCUT2D eigenvalue weighted by Crippen LogP contribution is 2.31. The first-order valence-corrected chi connectivity index (χ1v) is 7.79. The highest BCUT2D eigenvalue weighted by Gasteiger charge is 2.29. The number of rotatable bonds is 3. The molecule has 0 bridgehead atoms. The van der Waals surface area contributed by atoms with Crippen molar-refractivity contribution in [1.29, 1.82) is 0 Å². The summed E-state index contributed by atoms with van der Waals surface area (Å²) in [5, 5.41) is 1.61. The molecule has 1 aromatic carbocycles. The van der Waals surface area contributed by atoms with Gasteiger partial charge in [0.1, 0.15) is 5.01 Å². The van der Waals surface area contributed by atoms with Crippen molar-refractivity contribution in [2.24, 2.45) is 0 Å². The molecule has 0 aliphatic carbocycles. The number of hydrogen-bond donors (Lipinski definition) is 0. The summed E-state index contributed by atoms with van der Waals surface area (Å²) in [6, 6.07) is 1.71. The number of thiazole rings is 1. The topological polar surface area (TPSA) is 52.1 Å². The molecule has 0 N–H and O–H groups in total. The van der Waals surface area contributed by atoms with Crippen LogP contribution in [0.5, 0.6) is 5.75 Å². The van der Waals surface area contributed by atoms with Crippen molar-refractivity contribution in [1.82, 2.24) is 9.97 Å². The molecule has 0 aliphatic rings. The molecule has 10 heteroatoms. The molecular formula is C16H7F5N2O2S. The van der Waals surface area contributed by atoms with Crippen LogP contribution in [-0.2, 0) is 0 Å². The van der Waals surface area contributed by atoms with Crippen LogP contribution in [-0.4, -0.2) is 15.9 Å². The van der Waals surface area contributed by atoms with Crippen molar-refractivity contribution in [3.05, 3.63) is 64.2 Å². The van der Waals surface area contributed by atoms with Gasteiger partial charge in [-0.15, -0.1) is 11.3 Å². The molecule has 3 rings (SSSR count). The average Bonchev–Trinajstić information content (AvgIpc) is 3.12. The number of pyridine rings is 1. The Kier molecular flexibility index (Phi) is 4.68. The summed E-state index contributed by atoms with van der Waals surface area (Å²) in [6.45, 7) is 1.78. The molecule has 0 radical (unpaired) electrons. The lowest BCUT2D eigenvalue weighted by molar-refractivity contribution is 0.0710. The normalized spacial score (nSPS) is 10.8. The Hall–Kier alpha value is -2.88. The summed E-state index contributed by atoms with van der Waals surface area (Å²) >= 11 is 1.03. The molecule has 0 spiro atoms. The summed E-state index contributed by atoms with van der Waals surface area (Å²) in [4.78, 5) is 19.9. The molecule has 134 valence electrons. The minimum absolute atomic E-state index is 0.350. The fraction of sp³-hybridized carbons (Fsp3) is 0.0625. The van der Waals surface area contributed by atoms with Gasteiger partial charge < -0.3 is 4.74 Å². The van der Waals surface area contributed by atoms with Crippen molar-refractivity contribution in [2.75, 3.05) is 0 Å². The van der Waals surface area contributed by atoms with Crippen molar-refractivity contribution in [2.45, 2.75) is 6.92 Å². The lowest BCUT2D eigenvalue weighted by Gasteiger charge is -2.07. The van der Waals surface area contributed by atoms with Crippen LogP contribution in [0.25, 0.3) is 10.6 Å². The Balaban J connectivity index is 1.92. The third kappa shape index (κ3) is 3.03. The van der Waals surface area contributed by atoms with Crippen molar-refractivity contribution < 1.29 is 31.5 Å². The number of aromatic nitrogens is 2. The van der Waals surface area contributed by atoms with E-state index in [1.165, 1.54) is 11.6 Å². The zero-order valence-corrected chi connectivity index (χ0v) is 13.6. The number of halogens is 5. The molecule has 4 nitrogen and oxygen atoms in total. The summed E-state index contributed by atoms with van der Waals surface area (Å²) in [5.74, 6) is -14.3. The van der Waals surface area contributed by atoms with E-state index in [0.717, 1.165) is 16.9 Å². The van der Waals surface area contributed by atoms with Crippen LogP contribution in [0.4, 0.5) is 22.0 Å². The van der Waals surface area contributed by atoms with Gasteiger partial charge in [0.25, 0.3) is 0 Å². The number of ether oxygens (including phenoxy) is 1. The monoisotopic (exact) mass is 386 g/mol. The largest absolute Gasteiger partial charge is 0.415 e. The van der Waals surface area contributed by atoms with Crippen LogP contribution in [0, 0.1) is 36.0 Å². The first kappa shape index (κ1) is 17.9. The Morgan fingerprint density at radius 1 is 1.04 bits per heavy atom. The second-order valence-electron chi connectivity index (χ2n) is 5.02. The van der Waals surface area contributed by atoms with E-state index in [0.29, 0.717) is 10.6 Å². The van der Waals surface area contributed by atoms with Gasteiger partial charge in [0.2, 0.25) is 34.8 Å². The third-order valence-corrected chi connectivity index (χ3v) is 4.22. The van der Waals surface area contributed by atoms with Crippen LogP contribution in [0.1, 0.15) is 16.1 Å². The fourth-order valence-electron chi connectivity index (χ4n) is 2.00. The van der Waals surface area contributed by atoms with E-state index in [2.05, 4.69) is 14.7 Å². The second kappa shape index (κ2) is 6.79. The summed E-state index contributed by atoms with van der Waals surface area (Å²) in [6.07, 6.45) is 3.07. The van der Waals surface area contributed by atoms with Gasteiger partial charge in [-0.3, -0.25) is 4.98 Å². The van der Waals surface area contributed by atoms with Crippen molar-refractivity contribution in [3.8, 4) is 16.3 Å². The van der Waals surface area contributed by atoms with E-state index in [1.54, 1.807) is 19.2 Å². The Morgan fingerprint density at radius 3 is 2.27 bits per heavy atom. The van der Waals surface area contributed by atoms with Crippen LogP contribution < -0.4 is 4.74 Å². The average molecular weight is 386 g/mol. The molecule has 2 aromatic heterocycles. The van der Waals surface area contributed by atoms with E-state index >= 15 is 0 Å². The van der Waals surface area contributed by atoms with E-state index in [1.807, 2.05) is 0 Å². The lowest BCUT2D eigenvalue weighted by Crippen LogP contribution is -2.14. The summed E-state index contributed by atoms with van der Waals surface area (Å²) in [7, 11) is 0. The van der Waals surface area contributed by atoms with Gasteiger partial charge in [-0.1, -0.05) is 0 Å². The van der Waals surface area contributed by atoms with Crippen molar-refractivity contribution >= 4 is 17.3 Å². The van der Waals surface area contributed by atoms with Gasteiger partial charge in [0, 0.05) is 23.3 Å². The van der Waals surface area contributed by atoms with Gasteiger partial charge in [-0.2, -0.15) is 8.78 Å². The van der Waals surface area contributed by atoms with Gasteiger partial charge >= 0.3 is 5.97 Å². The number of carbonyl (C=O) groups is 1. The predicted molar refractivity (Wildman–Crippen MR) is 81.3 cm³/mol. The molecule has 3 aromatic rings. The smallest absolute Gasteiger partial charge is 0.363 e. The van der Waals surface area contributed by atoms with Gasteiger partial charge in [-0.05, 0) is 18.6 Å². The van der Waals surface area contributed by atoms with E-state index < -0.39 is 40.8 Å². The molecule has 0 amide bonds. The zero-order chi connectivity index (χ0) is 19.0. The molecule has 2 heterocycles. The molecule has 26 heavy (non-hydrogen) atoms. The Morgan fingerprint density at radius 2 is 1.65 bits per heavy atom.